The lowest BCUT2D eigenvalue weighted by molar-refractivity contribution is 0.0587. The molecule has 0 N–H and O–H groups in total. The van der Waals surface area contributed by atoms with Crippen LogP contribution >= 0.6 is 0 Å². The van der Waals surface area contributed by atoms with Gasteiger partial charge < -0.3 is 9.47 Å². The van der Waals surface area contributed by atoms with Crippen molar-refractivity contribution in [3.8, 4) is 0 Å². The van der Waals surface area contributed by atoms with E-state index >= 15 is 0 Å². The zero-order valence-electron chi connectivity index (χ0n) is 21.6. The fourth-order valence-corrected chi connectivity index (χ4v) is 6.32. The van der Waals surface area contributed by atoms with Crippen LogP contribution in [0.3, 0.4) is 0 Å². The fraction of sp³-hybridized carbons (Fsp3) is 0.452. The van der Waals surface area contributed by atoms with Crippen molar-refractivity contribution >= 4 is 5.91 Å². The first-order valence-corrected chi connectivity index (χ1v) is 13.4. The molecule has 1 saturated heterocycles. The van der Waals surface area contributed by atoms with Gasteiger partial charge in [-0.1, -0.05) is 43.5 Å². The summed E-state index contributed by atoms with van der Waals surface area (Å²) in [6, 6.07) is 19.4. The van der Waals surface area contributed by atoms with Gasteiger partial charge in [-0.3, -0.25) is 9.69 Å². The summed E-state index contributed by atoms with van der Waals surface area (Å²) in [5.74, 6) is 0.463. The van der Waals surface area contributed by atoms with Crippen molar-refractivity contribution in [2.75, 3.05) is 19.6 Å². The number of halogens is 1. The van der Waals surface area contributed by atoms with Crippen molar-refractivity contribution in [1.82, 2.24) is 14.4 Å². The number of hydrogen-bond donors (Lipinski definition) is 0. The first-order valence-electron chi connectivity index (χ1n) is 13.4. The van der Waals surface area contributed by atoms with Crippen molar-refractivity contribution in [1.29, 1.82) is 0 Å². The van der Waals surface area contributed by atoms with Crippen LogP contribution in [0.1, 0.15) is 65.2 Å². The Bertz CT molecular complexity index is 1160. The lowest BCUT2D eigenvalue weighted by atomic mass is 9.85. The molecule has 5 heteroatoms. The van der Waals surface area contributed by atoms with Gasteiger partial charge in [0.2, 0.25) is 0 Å². The van der Waals surface area contributed by atoms with Gasteiger partial charge in [0.15, 0.2) is 0 Å². The third kappa shape index (κ3) is 5.41. The van der Waals surface area contributed by atoms with Crippen LogP contribution in [0, 0.1) is 18.7 Å². The minimum Gasteiger partial charge on any atom is -0.353 e. The van der Waals surface area contributed by atoms with Crippen LogP contribution < -0.4 is 0 Å². The van der Waals surface area contributed by atoms with Gasteiger partial charge in [-0.25, -0.2) is 4.39 Å². The Hall–Kier alpha value is -2.92. The van der Waals surface area contributed by atoms with E-state index in [1.165, 1.54) is 48.2 Å². The van der Waals surface area contributed by atoms with Crippen LogP contribution in [0.2, 0.25) is 0 Å². The maximum Gasteiger partial charge on any atom is 0.254 e. The maximum atomic E-state index is 13.8. The summed E-state index contributed by atoms with van der Waals surface area (Å²) in [6.45, 7) is 5.81. The monoisotopic (exact) mass is 487 g/mol. The molecule has 2 heterocycles. The molecular formula is C31H38FN3O. The molecule has 3 aromatic rings. The molecule has 0 radical (unpaired) electrons. The number of carbonyl (C=O) groups excluding carboxylic acids is 1. The Balaban J connectivity index is 1.43. The van der Waals surface area contributed by atoms with Crippen LogP contribution in [0.25, 0.3) is 0 Å². The molecule has 1 amide bonds. The minimum atomic E-state index is -0.303. The van der Waals surface area contributed by atoms with E-state index in [0.29, 0.717) is 17.4 Å². The van der Waals surface area contributed by atoms with Crippen molar-refractivity contribution in [2.45, 2.75) is 57.5 Å². The topological polar surface area (TPSA) is 28.5 Å². The van der Waals surface area contributed by atoms with E-state index in [-0.39, 0.29) is 17.8 Å². The summed E-state index contributed by atoms with van der Waals surface area (Å²) >= 11 is 0. The van der Waals surface area contributed by atoms with E-state index < -0.39 is 0 Å². The van der Waals surface area contributed by atoms with E-state index in [1.54, 1.807) is 12.1 Å². The molecule has 2 atom stereocenters. The van der Waals surface area contributed by atoms with Gasteiger partial charge in [0.1, 0.15) is 5.82 Å². The number of aromatic nitrogens is 1. The van der Waals surface area contributed by atoms with Crippen LogP contribution in [0.15, 0.2) is 66.9 Å². The van der Waals surface area contributed by atoms with Crippen LogP contribution in [0.4, 0.5) is 4.39 Å². The SMILES string of the molecule is Cc1ccccc1[C@H]1CN(Cc2cccn2C)C[C@@H]1CN(C(=O)c1ccc(F)cc1)C1CCCCC1. The lowest BCUT2D eigenvalue weighted by Crippen LogP contribution is -2.45. The third-order valence-corrected chi connectivity index (χ3v) is 8.34. The highest BCUT2D eigenvalue weighted by Crippen LogP contribution is 2.37. The molecule has 190 valence electrons. The molecule has 1 saturated carbocycles. The van der Waals surface area contributed by atoms with Gasteiger partial charge in [-0.05, 0) is 73.2 Å². The molecule has 1 aliphatic carbocycles. The van der Waals surface area contributed by atoms with Gasteiger partial charge in [-0.2, -0.15) is 0 Å². The normalized spacial score (nSPS) is 21.1. The Labute approximate surface area is 214 Å². The van der Waals surface area contributed by atoms with Gasteiger partial charge in [0.25, 0.3) is 5.91 Å². The molecule has 1 aliphatic heterocycles. The van der Waals surface area contributed by atoms with Gasteiger partial charge in [0.05, 0.1) is 0 Å². The first kappa shape index (κ1) is 24.8. The number of hydrogen-bond acceptors (Lipinski definition) is 2. The second kappa shape index (κ2) is 11.0. The van der Waals surface area contributed by atoms with Crippen LogP contribution in [-0.4, -0.2) is 46.0 Å². The largest absolute Gasteiger partial charge is 0.353 e. The van der Waals surface area contributed by atoms with Crippen molar-refractivity contribution in [2.24, 2.45) is 13.0 Å². The average molecular weight is 488 g/mol. The van der Waals surface area contributed by atoms with Gasteiger partial charge >= 0.3 is 0 Å². The zero-order valence-corrected chi connectivity index (χ0v) is 21.6. The summed E-state index contributed by atoms with van der Waals surface area (Å²) < 4.78 is 15.8. The van der Waals surface area contributed by atoms with E-state index in [9.17, 15) is 9.18 Å². The fourth-order valence-electron chi connectivity index (χ4n) is 6.32. The average Bonchev–Trinajstić information content (AvgIpc) is 3.49. The lowest BCUT2D eigenvalue weighted by Gasteiger charge is -2.37. The maximum absolute atomic E-state index is 13.8. The van der Waals surface area contributed by atoms with Gasteiger partial charge in [-0.15, -0.1) is 0 Å². The second-order valence-corrected chi connectivity index (χ2v) is 10.8. The Morgan fingerprint density at radius 1 is 0.972 bits per heavy atom. The summed E-state index contributed by atoms with van der Waals surface area (Å²) in [7, 11) is 2.11. The Morgan fingerprint density at radius 2 is 1.72 bits per heavy atom. The summed E-state index contributed by atoms with van der Waals surface area (Å²) in [5, 5.41) is 0. The quantitative estimate of drug-likeness (QED) is 0.399. The summed E-state index contributed by atoms with van der Waals surface area (Å²) in [4.78, 5) is 18.5. The number of likely N-dealkylation sites (tertiary alicyclic amines) is 1. The van der Waals surface area contributed by atoms with Crippen molar-refractivity contribution < 1.29 is 9.18 Å². The summed E-state index contributed by atoms with van der Waals surface area (Å²) in [5.41, 5.74) is 4.62. The Morgan fingerprint density at radius 3 is 2.42 bits per heavy atom. The highest BCUT2D eigenvalue weighted by atomic mass is 19.1. The minimum absolute atomic E-state index is 0.0475. The molecule has 0 unspecified atom stereocenters. The number of carbonyl (C=O) groups is 1. The van der Waals surface area contributed by atoms with Crippen LogP contribution in [0.5, 0.6) is 0 Å². The van der Waals surface area contributed by atoms with E-state index in [4.69, 9.17) is 0 Å². The Kier molecular flexibility index (Phi) is 7.56. The molecule has 2 aliphatic rings. The molecule has 2 aromatic carbocycles. The molecular weight excluding hydrogens is 449 g/mol. The molecule has 5 rings (SSSR count). The number of nitrogens with zero attached hydrogens (tertiary/aromatic N) is 3. The van der Waals surface area contributed by atoms with Crippen LogP contribution in [-0.2, 0) is 13.6 Å². The van der Waals surface area contributed by atoms with E-state index in [1.807, 2.05) is 0 Å². The third-order valence-electron chi connectivity index (χ3n) is 8.34. The van der Waals surface area contributed by atoms with Crippen molar-refractivity contribution in [3.63, 3.8) is 0 Å². The molecule has 2 fully saturated rings. The second-order valence-electron chi connectivity index (χ2n) is 10.8. The predicted molar refractivity (Wildman–Crippen MR) is 142 cm³/mol. The first-order chi connectivity index (χ1) is 17.5. The van der Waals surface area contributed by atoms with Gasteiger partial charge in [0, 0.05) is 62.6 Å². The zero-order chi connectivity index (χ0) is 25.1. The highest BCUT2D eigenvalue weighted by Gasteiger charge is 2.38. The molecule has 1 aromatic heterocycles. The standard InChI is InChI=1S/C31H38FN3O/c1-23-9-6-7-13-29(23)30-22-34(21-28-12-8-18-33(28)2)19-25(30)20-35(27-10-4-3-5-11-27)31(36)24-14-16-26(32)17-15-24/h6-9,12-18,25,27,30H,3-5,10-11,19-22H2,1-2H3/t25-,30+/m1/s1. The highest BCUT2D eigenvalue weighted by molar-refractivity contribution is 5.94. The molecule has 4 nitrogen and oxygen atoms in total. The number of benzene rings is 2. The number of aryl methyl sites for hydroxylation is 2. The van der Waals surface area contributed by atoms with Crippen molar-refractivity contribution in [3.05, 3.63) is 95.1 Å². The smallest absolute Gasteiger partial charge is 0.254 e. The number of amides is 1. The summed E-state index contributed by atoms with van der Waals surface area (Å²) in [6.07, 6.45) is 7.80. The van der Waals surface area contributed by atoms with E-state index in [0.717, 1.165) is 39.0 Å². The molecule has 36 heavy (non-hydrogen) atoms. The van der Waals surface area contributed by atoms with E-state index in [2.05, 4.69) is 70.9 Å². The molecule has 0 bridgehead atoms. The number of rotatable bonds is 7. The molecule has 0 spiro atoms. The predicted octanol–water partition coefficient (Wildman–Crippen LogP) is 6.16.